The van der Waals surface area contributed by atoms with Crippen LogP contribution in [0.4, 0.5) is 5.69 Å². The van der Waals surface area contributed by atoms with Crippen LogP contribution in [0.3, 0.4) is 0 Å². The quantitative estimate of drug-likeness (QED) is 0.374. The fraction of sp³-hybridized carbons (Fsp3) is 0.417. The highest BCUT2D eigenvalue weighted by Crippen LogP contribution is 2.17. The molecule has 1 rings (SSSR count). The van der Waals surface area contributed by atoms with Gasteiger partial charge in [0.15, 0.2) is 5.17 Å². The van der Waals surface area contributed by atoms with Crippen LogP contribution in [-0.2, 0) is 10.5 Å². The molecule has 1 aromatic rings. The average Bonchev–Trinajstić information content (AvgIpc) is 2.37. The highest BCUT2D eigenvalue weighted by atomic mass is 32.2. The Morgan fingerprint density at radius 2 is 2.16 bits per heavy atom. The maximum absolute atomic E-state index is 10.5. The molecule has 0 unspecified atom stereocenters. The number of non-ortho nitro benzene ring substituents is 1. The van der Waals surface area contributed by atoms with Gasteiger partial charge in [-0.25, -0.2) is 0 Å². The summed E-state index contributed by atoms with van der Waals surface area (Å²) >= 11 is 1.40. The fourth-order valence-corrected chi connectivity index (χ4v) is 2.17. The van der Waals surface area contributed by atoms with Crippen molar-refractivity contribution in [2.75, 3.05) is 13.7 Å². The van der Waals surface area contributed by atoms with Gasteiger partial charge >= 0.3 is 0 Å². The summed E-state index contributed by atoms with van der Waals surface area (Å²) in [7, 11) is 1.62. The molecule has 0 fully saturated rings. The molecule has 7 heteroatoms. The van der Waals surface area contributed by atoms with Crippen molar-refractivity contribution in [2.45, 2.75) is 18.7 Å². The number of rotatable bonds is 6. The summed E-state index contributed by atoms with van der Waals surface area (Å²) in [6.45, 7) is 2.45. The Morgan fingerprint density at radius 3 is 2.68 bits per heavy atom. The number of nitro groups is 1. The van der Waals surface area contributed by atoms with Crippen molar-refractivity contribution in [1.82, 2.24) is 0 Å². The fourth-order valence-electron chi connectivity index (χ4n) is 1.40. The first-order valence-electron chi connectivity index (χ1n) is 5.71. The first-order chi connectivity index (χ1) is 9.02. The number of hydrogen-bond acceptors (Lipinski definition) is 5. The molecule has 1 atom stereocenters. The summed E-state index contributed by atoms with van der Waals surface area (Å²) in [5.74, 6) is 0.632. The van der Waals surface area contributed by atoms with Gasteiger partial charge in [-0.2, -0.15) is 0 Å². The predicted molar refractivity (Wildman–Crippen MR) is 77.4 cm³/mol. The normalized spacial score (nSPS) is 13.3. The van der Waals surface area contributed by atoms with Crippen molar-refractivity contribution in [3.63, 3.8) is 0 Å². The SMILES string of the molecule is COC[C@H](C)N=C(N)SCc1ccc([N+](=O)[O-])cc1. The Balaban J connectivity index is 2.50. The number of aliphatic imine (C=N–C) groups is 1. The standard InChI is InChI=1S/C12H17N3O3S/c1-9(7-18-2)14-12(13)19-8-10-3-5-11(6-4-10)15(16)17/h3-6,9H,7-8H2,1-2H3,(H2,13,14)/t9-/m0/s1. The third-order valence-electron chi connectivity index (χ3n) is 2.29. The number of amidine groups is 1. The van der Waals surface area contributed by atoms with Crippen molar-refractivity contribution in [2.24, 2.45) is 10.7 Å². The van der Waals surface area contributed by atoms with Crippen LogP contribution in [0, 0.1) is 10.1 Å². The molecule has 0 spiro atoms. The maximum atomic E-state index is 10.5. The second-order valence-electron chi connectivity index (χ2n) is 3.98. The van der Waals surface area contributed by atoms with Crippen molar-refractivity contribution < 1.29 is 9.66 Å². The highest BCUT2D eigenvalue weighted by Gasteiger charge is 2.05. The third kappa shape index (κ3) is 5.71. The minimum atomic E-state index is -0.417. The second kappa shape index (κ2) is 7.75. The Labute approximate surface area is 116 Å². The Hall–Kier alpha value is -1.60. The molecule has 2 N–H and O–H groups in total. The van der Waals surface area contributed by atoms with E-state index in [1.165, 1.54) is 23.9 Å². The molecule has 104 valence electrons. The molecule has 0 aliphatic rings. The van der Waals surface area contributed by atoms with Crippen LogP contribution in [0.2, 0.25) is 0 Å². The molecule has 0 aliphatic heterocycles. The number of nitrogens with zero attached hydrogens (tertiary/aromatic N) is 2. The zero-order chi connectivity index (χ0) is 14.3. The minimum Gasteiger partial charge on any atom is -0.382 e. The van der Waals surface area contributed by atoms with E-state index in [9.17, 15) is 10.1 Å². The van der Waals surface area contributed by atoms with E-state index in [4.69, 9.17) is 10.5 Å². The lowest BCUT2D eigenvalue weighted by molar-refractivity contribution is -0.384. The Kier molecular flexibility index (Phi) is 6.31. The zero-order valence-electron chi connectivity index (χ0n) is 10.9. The molecule has 0 saturated heterocycles. The summed E-state index contributed by atoms with van der Waals surface area (Å²) in [5, 5.41) is 11.0. The van der Waals surface area contributed by atoms with Crippen molar-refractivity contribution in [3.05, 3.63) is 39.9 Å². The van der Waals surface area contributed by atoms with Gasteiger partial charge in [0.2, 0.25) is 0 Å². The highest BCUT2D eigenvalue weighted by molar-refractivity contribution is 8.13. The molecule has 0 saturated carbocycles. The van der Waals surface area contributed by atoms with Crippen LogP contribution in [0.15, 0.2) is 29.3 Å². The molecule has 0 aromatic heterocycles. The third-order valence-corrected chi connectivity index (χ3v) is 3.17. The summed E-state index contributed by atoms with van der Waals surface area (Å²) < 4.78 is 4.97. The largest absolute Gasteiger partial charge is 0.382 e. The van der Waals surface area contributed by atoms with Crippen LogP contribution in [-0.4, -0.2) is 29.8 Å². The monoisotopic (exact) mass is 283 g/mol. The molecule has 0 bridgehead atoms. The van der Waals surface area contributed by atoms with E-state index < -0.39 is 4.92 Å². The van der Waals surface area contributed by atoms with Gasteiger partial charge in [-0.05, 0) is 12.5 Å². The van der Waals surface area contributed by atoms with E-state index in [1.807, 2.05) is 6.92 Å². The molecule has 6 nitrogen and oxygen atoms in total. The molecular formula is C12H17N3O3S. The summed E-state index contributed by atoms with van der Waals surface area (Å²) in [5.41, 5.74) is 6.83. The van der Waals surface area contributed by atoms with Gasteiger partial charge in [0.1, 0.15) is 0 Å². The van der Waals surface area contributed by atoms with E-state index in [1.54, 1.807) is 19.2 Å². The van der Waals surface area contributed by atoms with Gasteiger partial charge in [0.25, 0.3) is 5.69 Å². The number of benzene rings is 1. The average molecular weight is 283 g/mol. The number of nitro benzene ring substituents is 1. The number of ether oxygens (including phenoxy) is 1. The van der Waals surface area contributed by atoms with E-state index in [2.05, 4.69) is 4.99 Å². The molecule has 0 radical (unpaired) electrons. The van der Waals surface area contributed by atoms with Gasteiger partial charge in [0, 0.05) is 25.0 Å². The summed E-state index contributed by atoms with van der Waals surface area (Å²) in [4.78, 5) is 14.3. The van der Waals surface area contributed by atoms with Gasteiger partial charge in [-0.15, -0.1) is 0 Å². The molecule has 19 heavy (non-hydrogen) atoms. The summed E-state index contributed by atoms with van der Waals surface area (Å²) in [6.07, 6.45) is 0. The van der Waals surface area contributed by atoms with Crippen LogP contribution < -0.4 is 5.73 Å². The van der Waals surface area contributed by atoms with Gasteiger partial charge in [0.05, 0.1) is 17.6 Å². The minimum absolute atomic E-state index is 0.0226. The number of thioether (sulfide) groups is 1. The topological polar surface area (TPSA) is 90.8 Å². The smallest absolute Gasteiger partial charge is 0.269 e. The van der Waals surface area contributed by atoms with Gasteiger partial charge < -0.3 is 10.5 Å². The van der Waals surface area contributed by atoms with E-state index >= 15 is 0 Å². The van der Waals surface area contributed by atoms with Crippen LogP contribution in [0.1, 0.15) is 12.5 Å². The summed E-state index contributed by atoms with van der Waals surface area (Å²) in [6, 6.07) is 6.43. The molecular weight excluding hydrogens is 266 g/mol. The van der Waals surface area contributed by atoms with Gasteiger partial charge in [-0.1, -0.05) is 23.9 Å². The number of nitrogens with two attached hydrogens (primary N) is 1. The Morgan fingerprint density at radius 1 is 1.53 bits per heavy atom. The molecule has 1 aromatic carbocycles. The first kappa shape index (κ1) is 15.5. The van der Waals surface area contributed by atoms with Crippen molar-refractivity contribution >= 4 is 22.6 Å². The molecule has 0 amide bonds. The van der Waals surface area contributed by atoms with Crippen LogP contribution in [0.5, 0.6) is 0 Å². The maximum Gasteiger partial charge on any atom is 0.269 e. The van der Waals surface area contributed by atoms with Crippen LogP contribution in [0.25, 0.3) is 0 Å². The molecule has 0 heterocycles. The predicted octanol–water partition coefficient (Wildman–Crippen LogP) is 2.18. The first-order valence-corrected chi connectivity index (χ1v) is 6.70. The Bertz CT molecular complexity index is 448. The lowest BCUT2D eigenvalue weighted by atomic mass is 10.2. The number of methoxy groups -OCH3 is 1. The van der Waals surface area contributed by atoms with Crippen LogP contribution >= 0.6 is 11.8 Å². The van der Waals surface area contributed by atoms with E-state index in [0.717, 1.165) is 5.56 Å². The van der Waals surface area contributed by atoms with Crippen molar-refractivity contribution in [3.8, 4) is 0 Å². The second-order valence-corrected chi connectivity index (χ2v) is 4.98. The van der Waals surface area contributed by atoms with Crippen molar-refractivity contribution in [1.29, 1.82) is 0 Å². The lowest BCUT2D eigenvalue weighted by Crippen LogP contribution is -2.15. The van der Waals surface area contributed by atoms with Gasteiger partial charge in [-0.3, -0.25) is 15.1 Å². The van der Waals surface area contributed by atoms with E-state index in [0.29, 0.717) is 17.5 Å². The zero-order valence-corrected chi connectivity index (χ0v) is 11.7. The van der Waals surface area contributed by atoms with E-state index in [-0.39, 0.29) is 11.7 Å². The molecule has 0 aliphatic carbocycles. The lowest BCUT2D eigenvalue weighted by Gasteiger charge is -2.06. The number of hydrogen-bond donors (Lipinski definition) is 1.